The molecule has 0 unspecified atom stereocenters. The van der Waals surface area contributed by atoms with Gasteiger partial charge in [-0.2, -0.15) is 0 Å². The van der Waals surface area contributed by atoms with Gasteiger partial charge in [-0.1, -0.05) is 102 Å². The molecule has 0 rings (SSSR count). The molecule has 0 aromatic carbocycles. The average molecular weight is 223 g/mol. The minimum absolute atomic E-state index is 0. The summed E-state index contributed by atoms with van der Waals surface area (Å²) in [6.07, 6.45) is 7.92. The Labute approximate surface area is 103 Å². The molecule has 0 saturated carbocycles. The number of rotatable bonds is 3. The van der Waals surface area contributed by atoms with E-state index in [0.717, 1.165) is 0 Å². The van der Waals surface area contributed by atoms with Crippen molar-refractivity contribution in [3.05, 3.63) is 0 Å². The van der Waals surface area contributed by atoms with Crippen LogP contribution in [0.1, 0.15) is 102 Å². The van der Waals surface area contributed by atoms with Gasteiger partial charge in [-0.05, 0) is 0 Å². The first-order valence-corrected chi connectivity index (χ1v) is 5.74. The van der Waals surface area contributed by atoms with Gasteiger partial charge >= 0.3 is 0 Å². The number of hydrogen-bond donors (Lipinski definition) is 0. The van der Waals surface area contributed by atoms with Gasteiger partial charge in [0.05, 0.1) is 0 Å². The summed E-state index contributed by atoms with van der Waals surface area (Å²) in [5.74, 6) is 0. The second-order valence-corrected chi connectivity index (χ2v) is 3.00. The lowest BCUT2D eigenvalue weighted by Gasteiger charge is -1.68. The maximum Gasteiger partial charge on any atom is -0.0564 e. The van der Waals surface area contributed by atoms with Gasteiger partial charge in [0.2, 0.25) is 0 Å². The van der Waals surface area contributed by atoms with Crippen LogP contribution in [-0.4, -0.2) is 0 Å². The van der Waals surface area contributed by atoms with E-state index < -0.39 is 0 Å². The van der Waals surface area contributed by atoms with Crippen LogP contribution in [0.2, 0.25) is 0 Å². The van der Waals surface area contributed by atoms with E-state index in [4.69, 9.17) is 0 Å². The molecule has 0 nitrogen and oxygen atoms in total. The summed E-state index contributed by atoms with van der Waals surface area (Å²) < 4.78 is 0. The predicted octanol–water partition coefficient (Wildman–Crippen LogP) is 7.33. The molecular formula is C15H42. The Balaban J connectivity index is -0.0000000184. The normalized spacial score (nSPS) is 6.00. The first-order valence-electron chi connectivity index (χ1n) is 5.74. The molecule has 0 heteroatoms. The first kappa shape index (κ1) is 36.3. The van der Waals surface area contributed by atoms with Crippen molar-refractivity contribution in [3.63, 3.8) is 0 Å². The van der Waals surface area contributed by atoms with Gasteiger partial charge in [0.1, 0.15) is 0 Å². The Morgan fingerprint density at radius 1 is 0.333 bits per heavy atom. The molecule has 0 spiro atoms. The predicted molar refractivity (Wildman–Crippen MR) is 81.9 cm³/mol. The zero-order valence-electron chi connectivity index (χ0n) is 10.2. The first-order chi connectivity index (χ1) is 5.74. The van der Waals surface area contributed by atoms with Crippen molar-refractivity contribution in [2.45, 2.75) is 102 Å². The zero-order valence-corrected chi connectivity index (χ0v) is 10.2. The molecule has 0 fully saturated rings. The average Bonchev–Trinajstić information content (AvgIpc) is 2.18. The molecule has 0 saturated heterocycles. The van der Waals surface area contributed by atoms with Crippen molar-refractivity contribution in [1.82, 2.24) is 0 Å². The molecule has 0 radical (unpaired) electrons. The van der Waals surface area contributed by atoms with Crippen LogP contribution in [0.4, 0.5) is 0 Å². The van der Waals surface area contributed by atoms with Crippen LogP contribution in [0, 0.1) is 0 Å². The highest BCUT2D eigenvalue weighted by atomic mass is 13.6. The summed E-state index contributed by atoms with van der Waals surface area (Å²) in [7, 11) is 0. The van der Waals surface area contributed by atoms with Crippen molar-refractivity contribution in [3.8, 4) is 0 Å². The fraction of sp³-hybridized carbons (Fsp3) is 1.00. The van der Waals surface area contributed by atoms with Gasteiger partial charge in [0.25, 0.3) is 0 Å². The largest absolute Gasteiger partial charge is 0.0776 e. The van der Waals surface area contributed by atoms with Crippen molar-refractivity contribution in [1.29, 1.82) is 0 Å². The Hall–Kier alpha value is 0. The van der Waals surface area contributed by atoms with Crippen LogP contribution in [0.5, 0.6) is 0 Å². The molecule has 0 aliphatic heterocycles. The van der Waals surface area contributed by atoms with Crippen molar-refractivity contribution < 1.29 is 0 Å². The van der Waals surface area contributed by atoms with Crippen LogP contribution in [0.25, 0.3) is 0 Å². The SMILES string of the molecule is C.C.C.CCCC.CCCC.CCCC. The topological polar surface area (TPSA) is 0 Å². The minimum atomic E-state index is 0. The van der Waals surface area contributed by atoms with Crippen LogP contribution < -0.4 is 0 Å². The van der Waals surface area contributed by atoms with E-state index in [2.05, 4.69) is 41.5 Å². The molecule has 0 bridgehead atoms. The molecule has 102 valence electrons. The molecule has 0 aromatic heterocycles. The molecule has 0 amide bonds. The van der Waals surface area contributed by atoms with Crippen LogP contribution >= 0.6 is 0 Å². The lowest BCUT2D eigenvalue weighted by Crippen LogP contribution is -1.47. The Bertz CT molecular complexity index is 15.5. The van der Waals surface area contributed by atoms with Crippen molar-refractivity contribution in [2.24, 2.45) is 0 Å². The van der Waals surface area contributed by atoms with Crippen LogP contribution in [-0.2, 0) is 0 Å². The van der Waals surface area contributed by atoms with E-state index in [1.807, 2.05) is 0 Å². The fourth-order valence-electron chi connectivity index (χ4n) is 0. The summed E-state index contributed by atoms with van der Waals surface area (Å²) >= 11 is 0. The Kier molecular flexibility index (Phi) is 159. The van der Waals surface area contributed by atoms with E-state index in [1.54, 1.807) is 0 Å². The minimum Gasteiger partial charge on any atom is -0.0776 e. The third-order valence-corrected chi connectivity index (χ3v) is 1.50. The summed E-state index contributed by atoms with van der Waals surface area (Å²) in [6, 6.07) is 0. The van der Waals surface area contributed by atoms with Gasteiger partial charge in [-0.3, -0.25) is 0 Å². The Morgan fingerprint density at radius 3 is 0.400 bits per heavy atom. The van der Waals surface area contributed by atoms with Gasteiger partial charge in [0.15, 0.2) is 0 Å². The summed E-state index contributed by atoms with van der Waals surface area (Å²) in [4.78, 5) is 0. The summed E-state index contributed by atoms with van der Waals surface area (Å²) in [6.45, 7) is 13.1. The molecule has 0 aliphatic carbocycles. The van der Waals surface area contributed by atoms with E-state index in [1.165, 1.54) is 38.5 Å². The molecule has 15 heavy (non-hydrogen) atoms. The van der Waals surface area contributed by atoms with Crippen molar-refractivity contribution >= 4 is 0 Å². The highest BCUT2D eigenvalue weighted by molar-refractivity contribution is 4.13. The van der Waals surface area contributed by atoms with E-state index in [0.29, 0.717) is 0 Å². The monoisotopic (exact) mass is 222 g/mol. The molecule has 0 atom stereocenters. The third-order valence-electron chi connectivity index (χ3n) is 1.50. The second-order valence-electron chi connectivity index (χ2n) is 3.00. The highest BCUT2D eigenvalue weighted by Gasteiger charge is 1.57. The van der Waals surface area contributed by atoms with Gasteiger partial charge in [-0.25, -0.2) is 0 Å². The lowest BCUT2D eigenvalue weighted by molar-refractivity contribution is 0.886. The van der Waals surface area contributed by atoms with E-state index in [-0.39, 0.29) is 22.3 Å². The van der Waals surface area contributed by atoms with Gasteiger partial charge in [-0.15, -0.1) is 0 Å². The molecule has 0 aromatic rings. The summed E-state index contributed by atoms with van der Waals surface area (Å²) in [5.41, 5.74) is 0. The smallest absolute Gasteiger partial charge is 0.0564 e. The maximum absolute atomic E-state index is 2.18. The second kappa shape index (κ2) is 65.7. The van der Waals surface area contributed by atoms with Gasteiger partial charge < -0.3 is 0 Å². The molecule has 0 N–H and O–H groups in total. The number of hydrogen-bond acceptors (Lipinski definition) is 0. The van der Waals surface area contributed by atoms with Gasteiger partial charge in [0, 0.05) is 0 Å². The van der Waals surface area contributed by atoms with Crippen molar-refractivity contribution in [2.75, 3.05) is 0 Å². The fourth-order valence-corrected chi connectivity index (χ4v) is 0. The molecule has 0 aliphatic rings. The van der Waals surface area contributed by atoms with Crippen LogP contribution in [0.15, 0.2) is 0 Å². The number of unbranched alkanes of at least 4 members (excludes halogenated alkanes) is 3. The van der Waals surface area contributed by atoms with Crippen LogP contribution in [0.3, 0.4) is 0 Å². The summed E-state index contributed by atoms with van der Waals surface area (Å²) in [5, 5.41) is 0. The van der Waals surface area contributed by atoms with E-state index in [9.17, 15) is 0 Å². The standard InChI is InChI=1S/3C4H10.3CH4/c3*1-3-4-2;;;/h3*3-4H2,1-2H3;3*1H4. The van der Waals surface area contributed by atoms with E-state index >= 15 is 0 Å². The Morgan fingerprint density at radius 2 is 0.400 bits per heavy atom. The zero-order chi connectivity index (χ0) is 10.2. The molecular weight excluding hydrogens is 180 g/mol. The third kappa shape index (κ3) is 224. The maximum atomic E-state index is 2.18. The molecule has 0 heterocycles. The lowest BCUT2D eigenvalue weighted by atomic mass is 10.4. The highest BCUT2D eigenvalue weighted by Crippen LogP contribution is 1.77. The quantitative estimate of drug-likeness (QED) is 0.469.